The van der Waals surface area contributed by atoms with Gasteiger partial charge in [0.15, 0.2) is 5.96 Å². The third-order valence-electron chi connectivity index (χ3n) is 5.04. The Morgan fingerprint density at radius 1 is 1.16 bits per heavy atom. The zero-order chi connectivity index (χ0) is 22.1. The summed E-state index contributed by atoms with van der Waals surface area (Å²) in [7, 11) is 1.67. The number of nitrogens with zero attached hydrogens (tertiary/aromatic N) is 2. The number of guanidine groups is 1. The number of rotatable bonds is 8. The molecular weight excluding hydrogens is 529 g/mol. The Bertz CT molecular complexity index is 869. The predicted molar refractivity (Wildman–Crippen MR) is 133 cm³/mol. The molecule has 0 amide bonds. The molecule has 176 valence electrons. The number of nitrogens with one attached hydrogen (secondary N) is 2. The van der Waals surface area contributed by atoms with Crippen LogP contribution in [0, 0.1) is 0 Å². The largest absolute Gasteiger partial charge is 0.434 e. The normalized spacial score (nSPS) is 17.0. The SMILES string of the molecule is CN=C(NCc1cccc(CN2CCOC(C)C2)c1)NCc1ccccc1OC(F)F.I. The molecule has 1 aliphatic rings. The van der Waals surface area contributed by atoms with E-state index in [1.54, 1.807) is 25.2 Å². The highest BCUT2D eigenvalue weighted by Crippen LogP contribution is 2.20. The average molecular weight is 560 g/mol. The van der Waals surface area contributed by atoms with Gasteiger partial charge in [-0.25, -0.2) is 0 Å². The average Bonchev–Trinajstić information content (AvgIpc) is 2.75. The molecule has 32 heavy (non-hydrogen) atoms. The third kappa shape index (κ3) is 8.51. The lowest BCUT2D eigenvalue weighted by molar-refractivity contribution is -0.0504. The minimum Gasteiger partial charge on any atom is -0.434 e. The van der Waals surface area contributed by atoms with Crippen LogP contribution >= 0.6 is 24.0 Å². The maximum Gasteiger partial charge on any atom is 0.387 e. The minimum absolute atomic E-state index is 0. The van der Waals surface area contributed by atoms with Crippen molar-refractivity contribution in [2.24, 2.45) is 4.99 Å². The summed E-state index contributed by atoms with van der Waals surface area (Å²) in [6, 6.07) is 15.2. The quantitative estimate of drug-likeness (QED) is 0.291. The highest BCUT2D eigenvalue weighted by Gasteiger charge is 2.16. The van der Waals surface area contributed by atoms with E-state index in [4.69, 9.17) is 4.74 Å². The monoisotopic (exact) mass is 560 g/mol. The number of alkyl halides is 2. The molecule has 0 spiro atoms. The fourth-order valence-corrected chi connectivity index (χ4v) is 3.58. The first-order chi connectivity index (χ1) is 15.0. The van der Waals surface area contributed by atoms with Gasteiger partial charge in [-0.05, 0) is 24.1 Å². The second-order valence-electron chi connectivity index (χ2n) is 7.50. The van der Waals surface area contributed by atoms with Crippen LogP contribution in [-0.2, 0) is 24.4 Å². The smallest absolute Gasteiger partial charge is 0.387 e. The summed E-state index contributed by atoms with van der Waals surface area (Å²) in [5.74, 6) is 0.741. The predicted octanol–water partition coefficient (Wildman–Crippen LogP) is 3.99. The first-order valence-corrected chi connectivity index (χ1v) is 10.4. The fraction of sp³-hybridized carbons (Fsp3) is 0.435. The molecule has 1 saturated heterocycles. The van der Waals surface area contributed by atoms with E-state index in [1.165, 1.54) is 11.6 Å². The molecule has 1 aliphatic heterocycles. The standard InChI is InChI=1S/C23H30F2N4O2.HI/c1-17-15-29(10-11-30-17)16-19-7-5-6-18(12-19)13-27-23(26-2)28-14-20-8-3-4-9-21(20)31-22(24)25;/h3-9,12,17,22H,10-11,13-16H2,1-2H3,(H2,26,27,28);1H. The highest BCUT2D eigenvalue weighted by atomic mass is 127. The maximum absolute atomic E-state index is 12.6. The van der Waals surface area contributed by atoms with Crippen molar-refractivity contribution in [3.05, 3.63) is 65.2 Å². The van der Waals surface area contributed by atoms with Gasteiger partial charge in [0.2, 0.25) is 0 Å². The van der Waals surface area contributed by atoms with Crippen LogP contribution in [0.3, 0.4) is 0 Å². The maximum atomic E-state index is 12.6. The Labute approximate surface area is 205 Å². The van der Waals surface area contributed by atoms with Crippen molar-refractivity contribution in [1.82, 2.24) is 15.5 Å². The molecule has 0 aliphatic carbocycles. The van der Waals surface area contributed by atoms with Gasteiger partial charge in [0.05, 0.1) is 12.7 Å². The van der Waals surface area contributed by atoms with Gasteiger partial charge in [0.1, 0.15) is 5.75 Å². The molecule has 2 N–H and O–H groups in total. The Balaban J connectivity index is 0.00000363. The zero-order valence-electron chi connectivity index (χ0n) is 18.4. The van der Waals surface area contributed by atoms with E-state index in [2.05, 4.69) is 56.5 Å². The molecule has 0 saturated carbocycles. The molecule has 0 bridgehead atoms. The van der Waals surface area contributed by atoms with Gasteiger partial charge in [-0.1, -0.05) is 42.5 Å². The Morgan fingerprint density at radius 3 is 2.66 bits per heavy atom. The van der Waals surface area contributed by atoms with Crippen LogP contribution in [0.15, 0.2) is 53.5 Å². The van der Waals surface area contributed by atoms with Crippen LogP contribution in [0.4, 0.5) is 8.78 Å². The Kier molecular flexibility index (Phi) is 11.1. The minimum atomic E-state index is -2.86. The molecular formula is C23H31F2IN4O2. The summed E-state index contributed by atoms with van der Waals surface area (Å²) in [4.78, 5) is 6.62. The van der Waals surface area contributed by atoms with Crippen molar-refractivity contribution >= 4 is 29.9 Å². The summed E-state index contributed by atoms with van der Waals surface area (Å²) in [6.45, 7) is 3.72. The van der Waals surface area contributed by atoms with Crippen LogP contribution in [0.2, 0.25) is 0 Å². The molecule has 2 aromatic rings. The van der Waals surface area contributed by atoms with Crippen molar-refractivity contribution in [2.45, 2.75) is 39.3 Å². The van der Waals surface area contributed by atoms with E-state index in [0.29, 0.717) is 24.6 Å². The zero-order valence-corrected chi connectivity index (χ0v) is 20.7. The summed E-state index contributed by atoms with van der Waals surface area (Å²) in [5.41, 5.74) is 3.03. The molecule has 3 rings (SSSR count). The van der Waals surface area contributed by atoms with Crippen LogP contribution in [-0.4, -0.2) is 50.3 Å². The second kappa shape index (κ2) is 13.5. The summed E-state index contributed by atoms with van der Waals surface area (Å²) < 4.78 is 35.4. The Morgan fingerprint density at radius 2 is 1.91 bits per heavy atom. The van der Waals surface area contributed by atoms with Crippen molar-refractivity contribution in [2.75, 3.05) is 26.7 Å². The number of hydrogen-bond acceptors (Lipinski definition) is 4. The van der Waals surface area contributed by atoms with Crippen molar-refractivity contribution in [3.63, 3.8) is 0 Å². The molecule has 1 fully saturated rings. The van der Waals surface area contributed by atoms with Gasteiger partial charge in [-0.2, -0.15) is 8.78 Å². The number of morpholine rings is 1. The number of hydrogen-bond donors (Lipinski definition) is 2. The van der Waals surface area contributed by atoms with E-state index in [0.717, 1.165) is 31.8 Å². The molecule has 0 radical (unpaired) electrons. The molecule has 0 aromatic heterocycles. The van der Waals surface area contributed by atoms with E-state index in [-0.39, 0.29) is 35.8 Å². The van der Waals surface area contributed by atoms with Crippen LogP contribution in [0.1, 0.15) is 23.6 Å². The molecule has 1 atom stereocenters. The summed E-state index contributed by atoms with van der Waals surface area (Å²) in [6.07, 6.45) is 0.268. The molecule has 2 aromatic carbocycles. The number of para-hydroxylation sites is 1. The van der Waals surface area contributed by atoms with Crippen LogP contribution < -0.4 is 15.4 Å². The number of benzene rings is 2. The lowest BCUT2D eigenvalue weighted by Crippen LogP contribution is -2.40. The van der Waals surface area contributed by atoms with Gasteiger partial charge in [-0.15, -0.1) is 24.0 Å². The summed E-state index contributed by atoms with van der Waals surface area (Å²) in [5, 5.41) is 6.42. The molecule has 6 nitrogen and oxygen atoms in total. The van der Waals surface area contributed by atoms with Gasteiger partial charge in [-0.3, -0.25) is 9.89 Å². The van der Waals surface area contributed by atoms with Gasteiger partial charge < -0.3 is 20.1 Å². The second-order valence-corrected chi connectivity index (χ2v) is 7.50. The first kappa shape index (κ1) is 26.3. The van der Waals surface area contributed by atoms with Crippen molar-refractivity contribution < 1.29 is 18.3 Å². The number of halogens is 3. The Hall–Kier alpha value is -1.98. The van der Waals surface area contributed by atoms with E-state index in [9.17, 15) is 8.78 Å². The van der Waals surface area contributed by atoms with E-state index >= 15 is 0 Å². The van der Waals surface area contributed by atoms with Gasteiger partial charge >= 0.3 is 6.61 Å². The lowest BCUT2D eigenvalue weighted by Gasteiger charge is -2.31. The highest BCUT2D eigenvalue weighted by molar-refractivity contribution is 14.0. The van der Waals surface area contributed by atoms with Gasteiger partial charge in [0, 0.05) is 45.3 Å². The lowest BCUT2D eigenvalue weighted by atomic mass is 10.1. The topological polar surface area (TPSA) is 58.1 Å². The van der Waals surface area contributed by atoms with Crippen molar-refractivity contribution in [3.8, 4) is 5.75 Å². The summed E-state index contributed by atoms with van der Waals surface area (Å²) >= 11 is 0. The molecule has 1 heterocycles. The molecule has 9 heteroatoms. The van der Waals surface area contributed by atoms with E-state index in [1.807, 2.05) is 0 Å². The number of aliphatic imine (C=N–C) groups is 1. The van der Waals surface area contributed by atoms with E-state index < -0.39 is 6.61 Å². The first-order valence-electron chi connectivity index (χ1n) is 10.4. The molecule has 1 unspecified atom stereocenters. The fourth-order valence-electron chi connectivity index (χ4n) is 3.58. The van der Waals surface area contributed by atoms with Crippen LogP contribution in [0.25, 0.3) is 0 Å². The third-order valence-corrected chi connectivity index (χ3v) is 5.04. The van der Waals surface area contributed by atoms with Crippen molar-refractivity contribution in [1.29, 1.82) is 0 Å². The van der Waals surface area contributed by atoms with Crippen LogP contribution in [0.5, 0.6) is 5.75 Å². The van der Waals surface area contributed by atoms with Gasteiger partial charge in [0.25, 0.3) is 0 Å². The number of ether oxygens (including phenoxy) is 2.